The Morgan fingerprint density at radius 3 is 2.53 bits per heavy atom. The van der Waals surface area contributed by atoms with Crippen molar-refractivity contribution in [1.29, 1.82) is 0 Å². The number of aliphatic imine (C=N–C) groups is 1. The molecule has 0 aromatic heterocycles. The van der Waals surface area contributed by atoms with Crippen LogP contribution in [0, 0.1) is 0 Å². The number of hydrogen-bond donors (Lipinski definition) is 2. The summed E-state index contributed by atoms with van der Waals surface area (Å²) in [6.45, 7) is 5.39. The van der Waals surface area contributed by atoms with Crippen LogP contribution in [0.2, 0.25) is 0 Å². The quantitative estimate of drug-likeness (QED) is 0.290. The normalized spacial score (nSPS) is 16.6. The van der Waals surface area contributed by atoms with Gasteiger partial charge in [0.2, 0.25) is 10.0 Å². The molecule has 10 heteroatoms. The number of hydrogen-bond acceptors (Lipinski definition) is 6. The molecule has 1 aromatic carbocycles. The smallest absolute Gasteiger partial charge is 0.243 e. The summed E-state index contributed by atoms with van der Waals surface area (Å²) < 4.78 is 38.3. The molecule has 0 aliphatic carbocycles. The lowest BCUT2D eigenvalue weighted by Crippen LogP contribution is -2.47. The molecule has 2 rings (SSSR count). The van der Waals surface area contributed by atoms with Gasteiger partial charge in [-0.3, -0.25) is 4.99 Å². The Bertz CT molecular complexity index is 764. The SMILES string of the molecule is CN=C(NCCCOCCOC)NCc1ccccc1S(=O)(=O)N1CCN(C)CC1. The third kappa shape index (κ3) is 7.51. The number of piperazine rings is 1. The topological polar surface area (TPSA) is 95.5 Å². The summed E-state index contributed by atoms with van der Waals surface area (Å²) in [6, 6.07) is 7.14. The lowest BCUT2D eigenvalue weighted by molar-refractivity contribution is 0.0698. The Kier molecular flexibility index (Phi) is 10.5. The van der Waals surface area contributed by atoms with E-state index in [0.29, 0.717) is 56.9 Å². The Labute approximate surface area is 180 Å². The molecule has 1 saturated heterocycles. The Hall–Kier alpha value is -1.72. The second-order valence-electron chi connectivity index (χ2n) is 7.13. The molecule has 0 radical (unpaired) electrons. The molecule has 0 amide bonds. The van der Waals surface area contributed by atoms with Crippen molar-refractivity contribution in [3.8, 4) is 0 Å². The number of sulfonamides is 1. The minimum Gasteiger partial charge on any atom is -0.382 e. The number of benzene rings is 1. The fourth-order valence-corrected chi connectivity index (χ4v) is 4.74. The molecule has 0 spiro atoms. The second-order valence-corrected chi connectivity index (χ2v) is 9.03. The third-order valence-corrected chi connectivity index (χ3v) is 6.91. The molecule has 0 unspecified atom stereocenters. The predicted octanol–water partition coefficient (Wildman–Crippen LogP) is 0.341. The monoisotopic (exact) mass is 441 g/mol. The van der Waals surface area contributed by atoms with Gasteiger partial charge in [0, 0.05) is 60.0 Å². The van der Waals surface area contributed by atoms with E-state index in [1.807, 2.05) is 19.2 Å². The number of rotatable bonds is 11. The first kappa shape index (κ1) is 24.5. The highest BCUT2D eigenvalue weighted by molar-refractivity contribution is 7.89. The van der Waals surface area contributed by atoms with Gasteiger partial charge in [-0.25, -0.2) is 8.42 Å². The van der Waals surface area contributed by atoms with Gasteiger partial charge in [-0.2, -0.15) is 4.31 Å². The van der Waals surface area contributed by atoms with Crippen molar-refractivity contribution in [1.82, 2.24) is 19.8 Å². The van der Waals surface area contributed by atoms with E-state index in [1.54, 1.807) is 30.6 Å². The van der Waals surface area contributed by atoms with E-state index in [4.69, 9.17) is 9.47 Å². The second kappa shape index (κ2) is 12.9. The van der Waals surface area contributed by atoms with E-state index in [1.165, 1.54) is 0 Å². The summed E-state index contributed by atoms with van der Waals surface area (Å²) in [4.78, 5) is 6.70. The summed E-state index contributed by atoms with van der Waals surface area (Å²) in [5, 5.41) is 6.43. The summed E-state index contributed by atoms with van der Waals surface area (Å²) in [6.07, 6.45) is 0.832. The van der Waals surface area contributed by atoms with Gasteiger partial charge in [-0.15, -0.1) is 0 Å². The molecule has 1 aliphatic heterocycles. The van der Waals surface area contributed by atoms with Gasteiger partial charge in [0.15, 0.2) is 5.96 Å². The average Bonchev–Trinajstić information content (AvgIpc) is 2.75. The van der Waals surface area contributed by atoms with E-state index in [2.05, 4.69) is 20.5 Å². The maximum atomic E-state index is 13.2. The molecule has 170 valence electrons. The van der Waals surface area contributed by atoms with Gasteiger partial charge in [-0.1, -0.05) is 18.2 Å². The molecule has 0 saturated carbocycles. The lowest BCUT2D eigenvalue weighted by atomic mass is 10.2. The lowest BCUT2D eigenvalue weighted by Gasteiger charge is -2.32. The highest BCUT2D eigenvalue weighted by atomic mass is 32.2. The highest BCUT2D eigenvalue weighted by Gasteiger charge is 2.29. The van der Waals surface area contributed by atoms with Crippen LogP contribution in [0.3, 0.4) is 0 Å². The minimum atomic E-state index is -3.52. The van der Waals surface area contributed by atoms with Gasteiger partial charge >= 0.3 is 0 Å². The maximum Gasteiger partial charge on any atom is 0.243 e. The van der Waals surface area contributed by atoms with Crippen molar-refractivity contribution in [2.45, 2.75) is 17.9 Å². The van der Waals surface area contributed by atoms with Crippen LogP contribution in [0.25, 0.3) is 0 Å². The maximum absolute atomic E-state index is 13.2. The number of likely N-dealkylation sites (N-methyl/N-ethyl adjacent to an activating group) is 1. The van der Waals surface area contributed by atoms with Crippen LogP contribution in [0.5, 0.6) is 0 Å². The van der Waals surface area contributed by atoms with E-state index in [-0.39, 0.29) is 0 Å². The molecule has 1 fully saturated rings. The standard InChI is InChI=1S/C20H35N5O4S/c1-21-20(22-9-6-14-29-16-15-28-3)23-17-18-7-4-5-8-19(18)30(26,27)25-12-10-24(2)11-13-25/h4-5,7-8H,6,9-17H2,1-3H3,(H2,21,22,23). The van der Waals surface area contributed by atoms with Crippen molar-refractivity contribution >= 4 is 16.0 Å². The molecule has 1 heterocycles. The Balaban J connectivity index is 1.89. The molecule has 0 atom stereocenters. The van der Waals surface area contributed by atoms with Crippen LogP contribution in [-0.4, -0.2) is 97.3 Å². The molecule has 30 heavy (non-hydrogen) atoms. The van der Waals surface area contributed by atoms with E-state index < -0.39 is 10.0 Å². The zero-order chi connectivity index (χ0) is 21.8. The number of guanidine groups is 1. The zero-order valence-corrected chi connectivity index (χ0v) is 19.1. The van der Waals surface area contributed by atoms with Gasteiger partial charge in [-0.05, 0) is 25.1 Å². The van der Waals surface area contributed by atoms with Crippen LogP contribution in [0.1, 0.15) is 12.0 Å². The third-order valence-electron chi connectivity index (χ3n) is 4.91. The predicted molar refractivity (Wildman–Crippen MR) is 118 cm³/mol. The first-order valence-corrected chi connectivity index (χ1v) is 11.7. The highest BCUT2D eigenvalue weighted by Crippen LogP contribution is 2.21. The molecular formula is C20H35N5O4S. The van der Waals surface area contributed by atoms with Crippen molar-refractivity contribution in [3.63, 3.8) is 0 Å². The summed E-state index contributed by atoms with van der Waals surface area (Å²) in [5.41, 5.74) is 0.724. The van der Waals surface area contributed by atoms with Crippen molar-refractivity contribution in [3.05, 3.63) is 29.8 Å². The fourth-order valence-electron chi connectivity index (χ4n) is 3.09. The largest absolute Gasteiger partial charge is 0.382 e. The number of methoxy groups -OCH3 is 1. The van der Waals surface area contributed by atoms with Crippen molar-refractivity contribution in [2.24, 2.45) is 4.99 Å². The minimum absolute atomic E-state index is 0.351. The Morgan fingerprint density at radius 2 is 1.83 bits per heavy atom. The first-order chi connectivity index (χ1) is 14.5. The average molecular weight is 442 g/mol. The summed E-state index contributed by atoms with van der Waals surface area (Å²) in [5.74, 6) is 0.624. The molecule has 2 N–H and O–H groups in total. The molecule has 9 nitrogen and oxygen atoms in total. The van der Waals surface area contributed by atoms with Gasteiger partial charge in [0.1, 0.15) is 0 Å². The van der Waals surface area contributed by atoms with E-state index >= 15 is 0 Å². The van der Waals surface area contributed by atoms with Crippen molar-refractivity contribution in [2.75, 3.05) is 73.7 Å². The number of ether oxygens (including phenoxy) is 2. The summed E-state index contributed by atoms with van der Waals surface area (Å²) in [7, 11) is 1.82. The Morgan fingerprint density at radius 1 is 1.10 bits per heavy atom. The number of nitrogens with one attached hydrogen (secondary N) is 2. The fraction of sp³-hybridized carbons (Fsp3) is 0.650. The van der Waals surface area contributed by atoms with Gasteiger partial charge in [0.05, 0.1) is 18.1 Å². The molecular weight excluding hydrogens is 406 g/mol. The number of nitrogens with zero attached hydrogens (tertiary/aromatic N) is 3. The van der Waals surface area contributed by atoms with Gasteiger partial charge in [0.25, 0.3) is 0 Å². The molecule has 1 aliphatic rings. The summed E-state index contributed by atoms with van der Waals surface area (Å²) >= 11 is 0. The molecule has 0 bridgehead atoms. The van der Waals surface area contributed by atoms with Crippen molar-refractivity contribution < 1.29 is 17.9 Å². The van der Waals surface area contributed by atoms with Gasteiger partial charge < -0.3 is 25.0 Å². The van der Waals surface area contributed by atoms with Crippen LogP contribution >= 0.6 is 0 Å². The zero-order valence-electron chi connectivity index (χ0n) is 18.3. The van der Waals surface area contributed by atoms with Crippen LogP contribution in [0.4, 0.5) is 0 Å². The van der Waals surface area contributed by atoms with Crippen LogP contribution < -0.4 is 10.6 Å². The molecule has 1 aromatic rings. The van der Waals surface area contributed by atoms with Crippen LogP contribution in [0.15, 0.2) is 34.2 Å². The van der Waals surface area contributed by atoms with E-state index in [0.717, 1.165) is 25.1 Å². The first-order valence-electron chi connectivity index (χ1n) is 10.3. The van der Waals surface area contributed by atoms with E-state index in [9.17, 15) is 8.42 Å². The van der Waals surface area contributed by atoms with Crippen LogP contribution in [-0.2, 0) is 26.0 Å².